The quantitative estimate of drug-likeness (QED) is 0.520. The lowest BCUT2D eigenvalue weighted by atomic mass is 10.0. The fourth-order valence-corrected chi connectivity index (χ4v) is 1.89. The van der Waals surface area contributed by atoms with Crippen LogP contribution in [-0.2, 0) is 6.61 Å². The summed E-state index contributed by atoms with van der Waals surface area (Å²) >= 11 is 0. The van der Waals surface area contributed by atoms with E-state index in [1.807, 2.05) is 26.0 Å². The van der Waals surface area contributed by atoms with Gasteiger partial charge in [0.25, 0.3) is 5.69 Å². The molecule has 0 heterocycles. The van der Waals surface area contributed by atoms with Crippen molar-refractivity contribution in [1.82, 2.24) is 0 Å². The van der Waals surface area contributed by atoms with Crippen LogP contribution in [0, 0.1) is 24.0 Å². The minimum atomic E-state index is -0.456. The van der Waals surface area contributed by atoms with Crippen molar-refractivity contribution in [3.8, 4) is 0 Å². The zero-order chi connectivity index (χ0) is 15.4. The Balaban J connectivity index is 2.25. The average molecular weight is 285 g/mol. The Morgan fingerprint density at radius 2 is 1.76 bits per heavy atom. The molecule has 2 aromatic carbocycles. The van der Waals surface area contributed by atoms with Crippen molar-refractivity contribution in [2.45, 2.75) is 20.5 Å². The number of non-ortho nitro benzene ring substituents is 1. The number of aliphatic hydroxyl groups excluding tert-OH is 1. The van der Waals surface area contributed by atoms with Crippen molar-refractivity contribution >= 4 is 17.1 Å². The van der Waals surface area contributed by atoms with Gasteiger partial charge < -0.3 is 5.11 Å². The number of benzene rings is 2. The van der Waals surface area contributed by atoms with Crippen LogP contribution >= 0.6 is 0 Å². The first-order chi connectivity index (χ1) is 10.0. The lowest BCUT2D eigenvalue weighted by molar-refractivity contribution is -0.384. The SMILES string of the molecule is Cc1cc(N=Nc2ccc([N+](=O)[O-])cc2)c(C)cc1CO. The van der Waals surface area contributed by atoms with E-state index in [1.165, 1.54) is 12.1 Å². The molecule has 1 N–H and O–H groups in total. The maximum Gasteiger partial charge on any atom is 0.269 e. The second-order valence-electron chi connectivity index (χ2n) is 4.70. The molecule has 6 nitrogen and oxygen atoms in total. The molecule has 108 valence electrons. The van der Waals surface area contributed by atoms with Crippen molar-refractivity contribution in [1.29, 1.82) is 0 Å². The van der Waals surface area contributed by atoms with Gasteiger partial charge in [-0.2, -0.15) is 10.2 Å². The Morgan fingerprint density at radius 3 is 2.33 bits per heavy atom. The van der Waals surface area contributed by atoms with Crippen LogP contribution < -0.4 is 0 Å². The van der Waals surface area contributed by atoms with Gasteiger partial charge in [0.15, 0.2) is 0 Å². The fourth-order valence-electron chi connectivity index (χ4n) is 1.89. The van der Waals surface area contributed by atoms with Gasteiger partial charge in [-0.15, -0.1) is 0 Å². The highest BCUT2D eigenvalue weighted by Gasteiger charge is 2.05. The van der Waals surface area contributed by atoms with Crippen molar-refractivity contribution < 1.29 is 10.0 Å². The van der Waals surface area contributed by atoms with Gasteiger partial charge in [-0.25, -0.2) is 0 Å². The highest BCUT2D eigenvalue weighted by Crippen LogP contribution is 2.26. The number of aryl methyl sites for hydroxylation is 2. The molecule has 0 aliphatic carbocycles. The molecule has 0 spiro atoms. The molecule has 0 saturated heterocycles. The number of nitro benzene ring substituents is 1. The van der Waals surface area contributed by atoms with Gasteiger partial charge in [0, 0.05) is 12.1 Å². The summed E-state index contributed by atoms with van der Waals surface area (Å²) < 4.78 is 0. The number of nitrogens with zero attached hydrogens (tertiary/aromatic N) is 3. The van der Waals surface area contributed by atoms with E-state index in [0.717, 1.165) is 16.7 Å². The summed E-state index contributed by atoms with van der Waals surface area (Å²) in [4.78, 5) is 10.1. The monoisotopic (exact) mass is 285 g/mol. The van der Waals surface area contributed by atoms with Gasteiger partial charge in [0.1, 0.15) is 0 Å². The fraction of sp³-hybridized carbons (Fsp3) is 0.200. The van der Waals surface area contributed by atoms with E-state index < -0.39 is 4.92 Å². The van der Waals surface area contributed by atoms with Crippen molar-refractivity contribution in [2.24, 2.45) is 10.2 Å². The second kappa shape index (κ2) is 6.23. The highest BCUT2D eigenvalue weighted by atomic mass is 16.6. The molecule has 0 saturated carbocycles. The van der Waals surface area contributed by atoms with Crippen LogP contribution in [0.3, 0.4) is 0 Å². The Labute approximate surface area is 121 Å². The lowest BCUT2D eigenvalue weighted by Crippen LogP contribution is -1.89. The normalized spacial score (nSPS) is 11.0. The third kappa shape index (κ3) is 3.49. The summed E-state index contributed by atoms with van der Waals surface area (Å²) in [5.74, 6) is 0. The van der Waals surface area contributed by atoms with Crippen LogP contribution in [-0.4, -0.2) is 10.0 Å². The number of azo groups is 1. The van der Waals surface area contributed by atoms with Crippen LogP contribution in [0.4, 0.5) is 17.1 Å². The number of nitro groups is 1. The second-order valence-corrected chi connectivity index (χ2v) is 4.70. The summed E-state index contributed by atoms with van der Waals surface area (Å²) in [6, 6.07) is 9.61. The van der Waals surface area contributed by atoms with Gasteiger partial charge in [0.05, 0.1) is 22.9 Å². The summed E-state index contributed by atoms with van der Waals surface area (Å²) in [5.41, 5.74) is 4.00. The predicted molar refractivity (Wildman–Crippen MR) is 79.1 cm³/mol. The molecule has 0 aliphatic rings. The zero-order valence-electron chi connectivity index (χ0n) is 11.8. The van der Waals surface area contributed by atoms with Crippen LogP contribution in [0.2, 0.25) is 0 Å². The molecule has 2 rings (SSSR count). The minimum Gasteiger partial charge on any atom is -0.392 e. The topological polar surface area (TPSA) is 88.1 Å². The van der Waals surface area contributed by atoms with Gasteiger partial charge in [-0.3, -0.25) is 10.1 Å². The Kier molecular flexibility index (Phi) is 4.39. The highest BCUT2D eigenvalue weighted by molar-refractivity contribution is 5.51. The van der Waals surface area contributed by atoms with E-state index in [-0.39, 0.29) is 12.3 Å². The summed E-state index contributed by atoms with van der Waals surface area (Å²) in [6.45, 7) is 3.78. The molecule has 0 aromatic heterocycles. The molecular formula is C15H15N3O3. The molecule has 0 amide bonds. The molecule has 0 aliphatic heterocycles. The number of hydrogen-bond donors (Lipinski definition) is 1. The number of aliphatic hydroxyl groups is 1. The van der Waals surface area contributed by atoms with Gasteiger partial charge in [0.2, 0.25) is 0 Å². The minimum absolute atomic E-state index is 0.00749. The summed E-state index contributed by atoms with van der Waals surface area (Å²) in [6.07, 6.45) is 0. The van der Waals surface area contributed by atoms with E-state index in [2.05, 4.69) is 10.2 Å². The maximum absolute atomic E-state index is 10.6. The Hall–Kier alpha value is -2.60. The van der Waals surface area contributed by atoms with Crippen LogP contribution in [0.5, 0.6) is 0 Å². The van der Waals surface area contributed by atoms with Gasteiger partial charge in [-0.05, 0) is 48.7 Å². The van der Waals surface area contributed by atoms with Crippen LogP contribution in [0.15, 0.2) is 46.6 Å². The molecule has 0 unspecified atom stereocenters. The van der Waals surface area contributed by atoms with Crippen LogP contribution in [0.1, 0.15) is 16.7 Å². The predicted octanol–water partition coefficient (Wildman–Crippen LogP) is 4.12. The average Bonchev–Trinajstić information content (AvgIpc) is 2.48. The third-order valence-electron chi connectivity index (χ3n) is 3.16. The zero-order valence-corrected chi connectivity index (χ0v) is 11.8. The third-order valence-corrected chi connectivity index (χ3v) is 3.16. The van der Waals surface area contributed by atoms with Crippen molar-refractivity contribution in [3.63, 3.8) is 0 Å². The largest absolute Gasteiger partial charge is 0.392 e. The van der Waals surface area contributed by atoms with Crippen LogP contribution in [0.25, 0.3) is 0 Å². The van der Waals surface area contributed by atoms with Gasteiger partial charge >= 0.3 is 0 Å². The van der Waals surface area contributed by atoms with Crippen molar-refractivity contribution in [2.75, 3.05) is 0 Å². The molecule has 2 aromatic rings. The van der Waals surface area contributed by atoms with E-state index in [9.17, 15) is 15.2 Å². The Morgan fingerprint density at radius 1 is 1.10 bits per heavy atom. The first-order valence-corrected chi connectivity index (χ1v) is 6.38. The molecule has 21 heavy (non-hydrogen) atoms. The summed E-state index contributed by atoms with van der Waals surface area (Å²) in [7, 11) is 0. The lowest BCUT2D eigenvalue weighted by Gasteiger charge is -2.06. The maximum atomic E-state index is 10.6. The molecule has 0 radical (unpaired) electrons. The summed E-state index contributed by atoms with van der Waals surface area (Å²) in [5, 5.41) is 28.0. The molecule has 0 fully saturated rings. The van der Waals surface area contributed by atoms with E-state index in [1.54, 1.807) is 12.1 Å². The van der Waals surface area contributed by atoms with Crippen molar-refractivity contribution in [3.05, 3.63) is 63.2 Å². The van der Waals surface area contributed by atoms with E-state index in [4.69, 9.17) is 0 Å². The molecular weight excluding hydrogens is 270 g/mol. The first-order valence-electron chi connectivity index (χ1n) is 6.38. The van der Waals surface area contributed by atoms with E-state index >= 15 is 0 Å². The molecule has 0 bridgehead atoms. The standard InChI is InChI=1S/C15H15N3O3/c1-10-8-15(11(2)7-12(10)9-19)17-16-13-3-5-14(6-4-13)18(20)21/h3-8,19H,9H2,1-2H3. The smallest absolute Gasteiger partial charge is 0.269 e. The molecule has 6 heteroatoms. The molecule has 0 atom stereocenters. The van der Waals surface area contributed by atoms with E-state index in [0.29, 0.717) is 11.4 Å². The van der Waals surface area contributed by atoms with Gasteiger partial charge in [-0.1, -0.05) is 6.07 Å². The number of rotatable bonds is 4. The Bertz CT molecular complexity index is 694. The first kappa shape index (κ1) is 14.8. The number of hydrogen-bond acceptors (Lipinski definition) is 5.